The fourth-order valence-electron chi connectivity index (χ4n) is 3.49. The highest BCUT2D eigenvalue weighted by atomic mass is 32.1. The quantitative estimate of drug-likeness (QED) is 0.350. The Hall–Kier alpha value is -3.59. The number of amides is 1. The van der Waals surface area contributed by atoms with Gasteiger partial charge in [0.15, 0.2) is 0 Å². The molecule has 9 heteroatoms. The number of ketones is 1. The first-order valence-electron chi connectivity index (χ1n) is 9.90. The standard InChI is InChI=1S/C23H20FN3O4S/c1-12(2)31-17-10-6-15(7-11-17)20(28)18-19(14-4-8-16(24)9-5-14)27(22(30)21(18)29)23-26-25-13(3)32-23/h4-12,19,28H,1-3H3/b20-18-. The molecular weight excluding hydrogens is 433 g/mol. The number of ether oxygens (including phenoxy) is 1. The predicted octanol–water partition coefficient (Wildman–Crippen LogP) is 4.40. The lowest BCUT2D eigenvalue weighted by Gasteiger charge is -2.22. The number of hydrogen-bond donors (Lipinski definition) is 1. The molecule has 1 aromatic heterocycles. The van der Waals surface area contributed by atoms with E-state index in [0.717, 1.165) is 11.3 Å². The van der Waals surface area contributed by atoms with E-state index < -0.39 is 23.5 Å². The van der Waals surface area contributed by atoms with Crippen LogP contribution in [0, 0.1) is 12.7 Å². The number of hydrogen-bond acceptors (Lipinski definition) is 7. The Morgan fingerprint density at radius 1 is 1.09 bits per heavy atom. The first kappa shape index (κ1) is 21.6. The van der Waals surface area contributed by atoms with Crippen LogP contribution in [-0.4, -0.2) is 33.1 Å². The second-order valence-corrected chi connectivity index (χ2v) is 8.68. The number of anilines is 1. The summed E-state index contributed by atoms with van der Waals surface area (Å²) in [6, 6.07) is 11.0. The molecule has 1 fully saturated rings. The van der Waals surface area contributed by atoms with Gasteiger partial charge >= 0.3 is 5.91 Å². The molecule has 3 aromatic rings. The highest BCUT2D eigenvalue weighted by molar-refractivity contribution is 7.15. The normalized spacial score (nSPS) is 17.9. The van der Waals surface area contributed by atoms with Crippen molar-refractivity contribution in [2.24, 2.45) is 0 Å². The van der Waals surface area contributed by atoms with Crippen molar-refractivity contribution in [3.63, 3.8) is 0 Å². The van der Waals surface area contributed by atoms with Gasteiger partial charge in [-0.05, 0) is 62.7 Å². The molecule has 4 rings (SSSR count). The molecule has 0 saturated carbocycles. The third kappa shape index (κ3) is 3.99. The van der Waals surface area contributed by atoms with Gasteiger partial charge in [-0.2, -0.15) is 0 Å². The minimum atomic E-state index is -0.977. The molecule has 0 radical (unpaired) electrons. The first-order chi connectivity index (χ1) is 15.3. The van der Waals surface area contributed by atoms with Gasteiger partial charge in [0.1, 0.15) is 22.3 Å². The van der Waals surface area contributed by atoms with E-state index in [4.69, 9.17) is 4.74 Å². The molecule has 1 N–H and O–H groups in total. The summed E-state index contributed by atoms with van der Waals surface area (Å²) >= 11 is 1.15. The van der Waals surface area contributed by atoms with Gasteiger partial charge in [-0.15, -0.1) is 10.2 Å². The summed E-state index contributed by atoms with van der Waals surface area (Å²) in [5.74, 6) is -1.88. The Balaban J connectivity index is 1.85. The summed E-state index contributed by atoms with van der Waals surface area (Å²) in [5, 5.41) is 19.8. The summed E-state index contributed by atoms with van der Waals surface area (Å²) in [6.07, 6.45) is -0.0198. The van der Waals surface area contributed by atoms with Gasteiger partial charge in [-0.3, -0.25) is 14.5 Å². The number of rotatable bonds is 5. The van der Waals surface area contributed by atoms with Gasteiger partial charge in [0, 0.05) is 5.56 Å². The number of aromatic nitrogens is 2. The van der Waals surface area contributed by atoms with Crippen LogP contribution in [0.25, 0.3) is 5.76 Å². The van der Waals surface area contributed by atoms with E-state index in [2.05, 4.69) is 10.2 Å². The van der Waals surface area contributed by atoms with Crippen LogP contribution in [0.1, 0.15) is 36.0 Å². The number of aryl methyl sites for hydroxylation is 1. The van der Waals surface area contributed by atoms with Crippen molar-refractivity contribution >= 4 is 33.9 Å². The van der Waals surface area contributed by atoms with Crippen LogP contribution in [0.3, 0.4) is 0 Å². The van der Waals surface area contributed by atoms with Gasteiger partial charge in [0.2, 0.25) is 5.13 Å². The number of nitrogens with zero attached hydrogens (tertiary/aromatic N) is 3. The smallest absolute Gasteiger partial charge is 0.301 e. The van der Waals surface area contributed by atoms with Crippen molar-refractivity contribution in [3.05, 3.63) is 76.1 Å². The van der Waals surface area contributed by atoms with Crippen LogP contribution >= 0.6 is 11.3 Å². The van der Waals surface area contributed by atoms with Crippen LogP contribution in [0.15, 0.2) is 54.1 Å². The molecule has 0 aliphatic carbocycles. The molecule has 1 saturated heterocycles. The molecule has 164 valence electrons. The molecular formula is C23H20FN3O4S. The van der Waals surface area contributed by atoms with Crippen molar-refractivity contribution in [2.75, 3.05) is 4.90 Å². The van der Waals surface area contributed by atoms with Crippen molar-refractivity contribution in [2.45, 2.75) is 32.9 Å². The maximum atomic E-state index is 13.6. The number of carbonyl (C=O) groups excluding carboxylic acids is 2. The first-order valence-corrected chi connectivity index (χ1v) is 10.7. The third-order valence-electron chi connectivity index (χ3n) is 4.85. The van der Waals surface area contributed by atoms with Crippen LogP contribution in [0.2, 0.25) is 0 Å². The molecule has 1 unspecified atom stereocenters. The minimum Gasteiger partial charge on any atom is -0.507 e. The maximum absolute atomic E-state index is 13.6. The van der Waals surface area contributed by atoms with Crippen molar-refractivity contribution in [1.82, 2.24) is 10.2 Å². The highest BCUT2D eigenvalue weighted by Crippen LogP contribution is 2.43. The van der Waals surface area contributed by atoms with Crippen molar-refractivity contribution in [3.8, 4) is 5.75 Å². The zero-order valence-electron chi connectivity index (χ0n) is 17.6. The lowest BCUT2D eigenvalue weighted by Crippen LogP contribution is -2.29. The van der Waals surface area contributed by atoms with E-state index >= 15 is 0 Å². The SMILES string of the molecule is Cc1nnc(N2C(=O)C(=O)/C(=C(\O)c3ccc(OC(C)C)cc3)C2c2ccc(F)cc2)s1. The molecule has 32 heavy (non-hydrogen) atoms. The Morgan fingerprint density at radius 2 is 1.75 bits per heavy atom. The summed E-state index contributed by atoms with van der Waals surface area (Å²) in [6.45, 7) is 5.52. The molecule has 7 nitrogen and oxygen atoms in total. The zero-order chi connectivity index (χ0) is 23.0. The fraction of sp³-hybridized carbons (Fsp3) is 0.217. The topological polar surface area (TPSA) is 92.6 Å². The summed E-state index contributed by atoms with van der Waals surface area (Å²) in [7, 11) is 0. The number of benzene rings is 2. The third-order valence-corrected chi connectivity index (χ3v) is 5.69. The predicted molar refractivity (Wildman–Crippen MR) is 118 cm³/mol. The number of aliphatic hydroxyl groups is 1. The minimum absolute atomic E-state index is 0.0198. The summed E-state index contributed by atoms with van der Waals surface area (Å²) in [5.41, 5.74) is 0.700. The van der Waals surface area contributed by atoms with E-state index in [0.29, 0.717) is 21.9 Å². The van der Waals surface area contributed by atoms with Crippen LogP contribution in [-0.2, 0) is 9.59 Å². The van der Waals surface area contributed by atoms with Gasteiger partial charge < -0.3 is 9.84 Å². The molecule has 1 aliphatic rings. The number of aliphatic hydroxyl groups excluding tert-OH is 1. The highest BCUT2D eigenvalue weighted by Gasteiger charge is 2.48. The summed E-state index contributed by atoms with van der Waals surface area (Å²) in [4.78, 5) is 27.2. The molecule has 0 bridgehead atoms. The van der Waals surface area contributed by atoms with Crippen LogP contribution < -0.4 is 9.64 Å². The lowest BCUT2D eigenvalue weighted by molar-refractivity contribution is -0.132. The number of halogens is 1. The molecule has 1 aliphatic heterocycles. The van der Waals surface area contributed by atoms with Crippen molar-refractivity contribution < 1.29 is 23.8 Å². The Labute approximate surface area is 187 Å². The average Bonchev–Trinajstić information content (AvgIpc) is 3.29. The Bertz CT molecular complexity index is 1200. The van der Waals surface area contributed by atoms with Crippen LogP contribution in [0.4, 0.5) is 9.52 Å². The van der Waals surface area contributed by atoms with E-state index in [9.17, 15) is 19.1 Å². The second-order valence-electron chi connectivity index (χ2n) is 7.52. The lowest BCUT2D eigenvalue weighted by atomic mass is 9.95. The molecule has 2 heterocycles. The van der Waals surface area contributed by atoms with E-state index in [1.165, 1.54) is 29.2 Å². The number of carbonyl (C=O) groups is 2. The second kappa shape index (κ2) is 8.51. The van der Waals surface area contributed by atoms with E-state index in [-0.39, 0.29) is 22.6 Å². The van der Waals surface area contributed by atoms with Gasteiger partial charge in [-0.1, -0.05) is 23.5 Å². The largest absolute Gasteiger partial charge is 0.507 e. The van der Waals surface area contributed by atoms with E-state index in [1.807, 2.05) is 13.8 Å². The zero-order valence-corrected chi connectivity index (χ0v) is 18.4. The van der Waals surface area contributed by atoms with Crippen LogP contribution in [0.5, 0.6) is 5.75 Å². The molecule has 2 aromatic carbocycles. The molecule has 0 spiro atoms. The van der Waals surface area contributed by atoms with Gasteiger partial charge in [-0.25, -0.2) is 4.39 Å². The molecule has 1 atom stereocenters. The van der Waals surface area contributed by atoms with Crippen molar-refractivity contribution in [1.29, 1.82) is 0 Å². The van der Waals surface area contributed by atoms with E-state index in [1.54, 1.807) is 31.2 Å². The fourth-order valence-corrected chi connectivity index (χ4v) is 4.21. The number of Topliss-reactive ketones (excluding diaryl/α,β-unsaturated/α-hetero) is 1. The Kier molecular flexibility index (Phi) is 5.75. The maximum Gasteiger partial charge on any atom is 0.301 e. The van der Waals surface area contributed by atoms with Gasteiger partial charge in [0.05, 0.1) is 17.7 Å². The summed E-state index contributed by atoms with van der Waals surface area (Å²) < 4.78 is 19.2. The van der Waals surface area contributed by atoms with Gasteiger partial charge in [0.25, 0.3) is 5.78 Å². The Morgan fingerprint density at radius 3 is 2.31 bits per heavy atom. The molecule has 1 amide bonds. The monoisotopic (exact) mass is 453 g/mol. The average molecular weight is 453 g/mol.